The third-order valence-electron chi connectivity index (χ3n) is 3.54. The largest absolute Gasteiger partial charge is 0.473 e. The normalized spacial score (nSPS) is 25.1. The molecule has 2 aliphatic rings. The zero-order valence-corrected chi connectivity index (χ0v) is 16.7. The van der Waals surface area contributed by atoms with E-state index in [0.29, 0.717) is 0 Å². The first-order chi connectivity index (χ1) is 12.2. The van der Waals surface area contributed by atoms with Crippen LogP contribution in [0.25, 0.3) is 0 Å². The first-order valence-electron chi connectivity index (χ1n) is 7.81. The molecule has 2 rings (SSSR count). The molecule has 0 aromatic carbocycles. The summed E-state index contributed by atoms with van der Waals surface area (Å²) in [4.78, 5) is 0. The van der Waals surface area contributed by atoms with E-state index in [-0.39, 0.29) is 28.0 Å². The van der Waals surface area contributed by atoms with Gasteiger partial charge in [0.25, 0.3) is 0 Å². The second kappa shape index (κ2) is 10.6. The molecule has 0 amide bonds. The number of hydrogen-bond acceptors (Lipinski definition) is 1. The van der Waals surface area contributed by atoms with Crippen LogP contribution in [0.4, 0.5) is 39.5 Å². The van der Waals surface area contributed by atoms with Crippen LogP contribution in [0.5, 0.6) is 0 Å². The van der Waals surface area contributed by atoms with Crippen LogP contribution in [0.1, 0.15) is 32.6 Å². The van der Waals surface area contributed by atoms with Crippen molar-refractivity contribution in [3.8, 4) is 0 Å². The number of allylic oxidation sites excluding steroid dienone is 2. The Morgan fingerprint density at radius 3 is 1.43 bits per heavy atom. The van der Waals surface area contributed by atoms with Crippen molar-refractivity contribution in [3.63, 3.8) is 0 Å². The molecule has 0 N–H and O–H groups in total. The van der Waals surface area contributed by atoms with Crippen molar-refractivity contribution in [3.05, 3.63) is 49.9 Å². The molecular weight excluding hydrogens is 586 g/mol. The molecule has 6 radical (unpaired) electrons. The van der Waals surface area contributed by atoms with Crippen LogP contribution in [0.2, 0.25) is 0 Å². The summed E-state index contributed by atoms with van der Waals surface area (Å²) in [5.41, 5.74) is -3.70. The number of halogens is 9. The van der Waals surface area contributed by atoms with E-state index in [1.165, 1.54) is 25.7 Å². The molecule has 1 fully saturated rings. The van der Waals surface area contributed by atoms with Gasteiger partial charge in [0.1, 0.15) is 5.92 Å². The SMILES string of the molecule is CC1(C(F)(F)F)[CH][C](C(F)(F)F)C=C(C(F)(F)F)O1.[CH]1[CH]CC[CH][CH]CC1.[Pt]. The molecule has 11 heteroatoms. The Balaban J connectivity index is 0.000000678. The van der Waals surface area contributed by atoms with Crippen molar-refractivity contribution in [1.29, 1.82) is 0 Å². The van der Waals surface area contributed by atoms with Gasteiger partial charge in [-0.3, -0.25) is 0 Å². The quantitative estimate of drug-likeness (QED) is 0.288. The molecule has 0 saturated heterocycles. The summed E-state index contributed by atoms with van der Waals surface area (Å²) in [6.45, 7) is 0.0808. The van der Waals surface area contributed by atoms with Crippen molar-refractivity contribution in [2.75, 3.05) is 0 Å². The monoisotopic (exact) mass is 603 g/mol. The molecule has 28 heavy (non-hydrogen) atoms. The first-order valence-corrected chi connectivity index (χ1v) is 7.81. The summed E-state index contributed by atoms with van der Waals surface area (Å²) in [6, 6.07) is 0. The molecule has 0 bridgehead atoms. The van der Waals surface area contributed by atoms with E-state index in [0.717, 1.165) is 0 Å². The fourth-order valence-corrected chi connectivity index (χ4v) is 2.07. The van der Waals surface area contributed by atoms with Crippen LogP contribution >= 0.6 is 0 Å². The van der Waals surface area contributed by atoms with Crippen LogP contribution in [0, 0.1) is 38.0 Å². The topological polar surface area (TPSA) is 9.23 Å². The predicted octanol–water partition coefficient (Wildman–Crippen LogP) is 6.50. The minimum atomic E-state index is -5.46. The molecule has 164 valence electrons. The maximum absolute atomic E-state index is 12.5. The first kappa shape index (κ1) is 27.6. The Labute approximate surface area is 172 Å². The van der Waals surface area contributed by atoms with E-state index >= 15 is 0 Å². The van der Waals surface area contributed by atoms with Crippen molar-refractivity contribution in [2.24, 2.45) is 0 Å². The molecular formula is C17H17F9OPt. The number of rotatable bonds is 0. The Morgan fingerprint density at radius 1 is 0.750 bits per heavy atom. The molecule has 1 nitrogen and oxygen atoms in total. The van der Waals surface area contributed by atoms with E-state index in [4.69, 9.17) is 0 Å². The summed E-state index contributed by atoms with van der Waals surface area (Å²) < 4.78 is 115. The van der Waals surface area contributed by atoms with E-state index < -0.39 is 48.3 Å². The molecule has 0 aromatic rings. The average Bonchev–Trinajstić information content (AvgIpc) is 2.43. The summed E-state index contributed by atoms with van der Waals surface area (Å²) in [6.07, 6.45) is -3.19. The van der Waals surface area contributed by atoms with E-state index in [9.17, 15) is 39.5 Å². The Bertz CT molecular complexity index is 472. The summed E-state index contributed by atoms with van der Waals surface area (Å²) >= 11 is 0. The van der Waals surface area contributed by atoms with Crippen molar-refractivity contribution < 1.29 is 65.3 Å². The maximum Gasteiger partial charge on any atom is 0.448 e. The van der Waals surface area contributed by atoms with Crippen LogP contribution in [-0.4, -0.2) is 24.1 Å². The van der Waals surface area contributed by atoms with Gasteiger partial charge in [-0.2, -0.15) is 39.5 Å². The van der Waals surface area contributed by atoms with Gasteiger partial charge in [-0.15, -0.1) is 0 Å². The average molecular weight is 603 g/mol. The Hall–Kier alpha value is -0.402. The molecule has 1 saturated carbocycles. The van der Waals surface area contributed by atoms with Crippen molar-refractivity contribution >= 4 is 0 Å². The van der Waals surface area contributed by atoms with Gasteiger partial charge in [0.2, 0.25) is 5.60 Å². The standard InChI is InChI=1S/C9H5F9O.C8H12.Pt/c1-6(9(16,17)18)3-4(7(10,11)12)2-5(19-6)8(13,14)15;1-2-4-6-8-7-5-3-1;/h2-3H,1H3;1-2,7-8H,3-6H2;. The molecule has 1 aliphatic carbocycles. The van der Waals surface area contributed by atoms with Crippen molar-refractivity contribution in [1.82, 2.24) is 0 Å². The smallest absolute Gasteiger partial charge is 0.448 e. The van der Waals surface area contributed by atoms with Gasteiger partial charge in [0.05, 0.1) is 0 Å². The van der Waals surface area contributed by atoms with Crippen LogP contribution < -0.4 is 0 Å². The molecule has 1 aliphatic heterocycles. The number of hydrogen-bond donors (Lipinski definition) is 0. The van der Waals surface area contributed by atoms with Gasteiger partial charge < -0.3 is 4.74 Å². The van der Waals surface area contributed by atoms with Gasteiger partial charge >= 0.3 is 18.5 Å². The van der Waals surface area contributed by atoms with Gasteiger partial charge in [-0.25, -0.2) is 0 Å². The fraction of sp³-hybridized carbons (Fsp3) is 0.529. The van der Waals surface area contributed by atoms with Crippen molar-refractivity contribution in [2.45, 2.75) is 56.7 Å². The summed E-state index contributed by atoms with van der Waals surface area (Å²) in [5, 5.41) is 0. The van der Waals surface area contributed by atoms with Gasteiger partial charge in [-0.1, -0.05) is 0 Å². The molecule has 1 atom stereocenters. The van der Waals surface area contributed by atoms with E-state index in [1.54, 1.807) is 0 Å². The van der Waals surface area contributed by atoms with Gasteiger partial charge in [0.15, 0.2) is 5.76 Å². The van der Waals surface area contributed by atoms with E-state index in [1.807, 2.05) is 0 Å². The van der Waals surface area contributed by atoms with Gasteiger partial charge in [-0.05, 0) is 64.4 Å². The van der Waals surface area contributed by atoms with Gasteiger partial charge in [0, 0.05) is 27.5 Å². The zero-order chi connectivity index (χ0) is 20.9. The summed E-state index contributed by atoms with van der Waals surface area (Å²) in [5.74, 6) is -4.41. The third-order valence-corrected chi connectivity index (χ3v) is 3.54. The molecule has 0 spiro atoms. The minimum absolute atomic E-state index is 0. The molecule has 1 unspecified atom stereocenters. The second-order valence-corrected chi connectivity index (χ2v) is 5.91. The van der Waals surface area contributed by atoms with Crippen LogP contribution in [0.3, 0.4) is 0 Å². The predicted molar refractivity (Wildman–Crippen MR) is 78.9 cm³/mol. The van der Waals surface area contributed by atoms with E-state index in [2.05, 4.69) is 30.4 Å². The maximum atomic E-state index is 12.5. The number of alkyl halides is 9. The number of ether oxygens (including phenoxy) is 1. The molecule has 0 aromatic heterocycles. The Kier molecular flexibility index (Phi) is 10.4. The molecule has 1 heterocycles. The Morgan fingerprint density at radius 2 is 1.14 bits per heavy atom. The van der Waals surface area contributed by atoms with Crippen LogP contribution in [0.15, 0.2) is 11.8 Å². The second-order valence-electron chi connectivity index (χ2n) is 5.91. The third kappa shape index (κ3) is 8.54. The summed E-state index contributed by atoms with van der Waals surface area (Å²) in [7, 11) is 0. The fourth-order valence-electron chi connectivity index (χ4n) is 2.07. The zero-order valence-electron chi connectivity index (χ0n) is 14.4. The minimum Gasteiger partial charge on any atom is -0.473 e. The van der Waals surface area contributed by atoms with Crippen LogP contribution in [-0.2, 0) is 25.8 Å².